The molecular weight excluding hydrogens is 250 g/mol. The normalized spacial score (nSPS) is 11.6. The van der Waals surface area contributed by atoms with E-state index in [9.17, 15) is 9.59 Å². The number of carboxylic acid groups (broad SMARTS) is 1. The van der Waals surface area contributed by atoms with E-state index in [1.807, 2.05) is 0 Å². The van der Waals surface area contributed by atoms with Crippen molar-refractivity contribution in [2.24, 2.45) is 13.0 Å². The molecule has 0 aliphatic carbocycles. The van der Waals surface area contributed by atoms with Crippen molar-refractivity contribution < 1.29 is 19.4 Å². The second kappa shape index (κ2) is 7.20. The summed E-state index contributed by atoms with van der Waals surface area (Å²) in [6.45, 7) is 3.50. The van der Waals surface area contributed by atoms with Crippen LogP contribution in [0.15, 0.2) is 25.0 Å². The van der Waals surface area contributed by atoms with E-state index < -0.39 is 18.0 Å². The lowest BCUT2D eigenvalue weighted by atomic mass is 10.0. The summed E-state index contributed by atoms with van der Waals surface area (Å²) >= 11 is 0. The number of hydrogen-bond donors (Lipinski definition) is 2. The molecule has 19 heavy (non-hydrogen) atoms. The molecule has 7 nitrogen and oxygen atoms in total. The molecule has 2 N–H and O–H groups in total. The Hall–Kier alpha value is -2.31. The number of aryl methyl sites for hydroxylation is 1. The van der Waals surface area contributed by atoms with E-state index in [0.717, 1.165) is 5.56 Å². The first-order valence-corrected chi connectivity index (χ1v) is 5.74. The Kier molecular flexibility index (Phi) is 5.59. The van der Waals surface area contributed by atoms with Gasteiger partial charge in [-0.2, -0.15) is 5.10 Å². The van der Waals surface area contributed by atoms with Crippen molar-refractivity contribution in [1.82, 2.24) is 15.1 Å². The van der Waals surface area contributed by atoms with Crippen LogP contribution < -0.4 is 5.32 Å². The van der Waals surface area contributed by atoms with Crippen LogP contribution in [0.5, 0.6) is 0 Å². The highest BCUT2D eigenvalue weighted by Crippen LogP contribution is 2.07. The average molecular weight is 267 g/mol. The maximum absolute atomic E-state index is 11.2. The summed E-state index contributed by atoms with van der Waals surface area (Å²) in [5.41, 5.74) is 0.802. The minimum Gasteiger partial charge on any atom is -0.481 e. The van der Waals surface area contributed by atoms with Crippen LogP contribution in [0, 0.1) is 5.92 Å². The first-order chi connectivity index (χ1) is 9.02. The number of carbonyl (C=O) groups excluding carboxylic acids is 1. The maximum atomic E-state index is 11.2. The molecule has 1 atom stereocenters. The molecule has 0 aliphatic heterocycles. The summed E-state index contributed by atoms with van der Waals surface area (Å²) in [5.74, 6) is -1.70. The third-order valence-corrected chi connectivity index (χ3v) is 2.41. The fourth-order valence-corrected chi connectivity index (χ4v) is 1.50. The van der Waals surface area contributed by atoms with Crippen LogP contribution in [0.2, 0.25) is 0 Å². The van der Waals surface area contributed by atoms with E-state index in [4.69, 9.17) is 9.84 Å². The van der Waals surface area contributed by atoms with Crippen molar-refractivity contribution in [2.75, 3.05) is 13.2 Å². The molecule has 1 aromatic rings. The Bertz CT molecular complexity index is 456. The van der Waals surface area contributed by atoms with Crippen LogP contribution in [-0.4, -0.2) is 40.1 Å². The Morgan fingerprint density at radius 2 is 2.42 bits per heavy atom. The maximum Gasteiger partial charge on any atom is 0.407 e. The van der Waals surface area contributed by atoms with Crippen molar-refractivity contribution in [1.29, 1.82) is 0 Å². The first-order valence-electron chi connectivity index (χ1n) is 5.74. The fourth-order valence-electron chi connectivity index (χ4n) is 1.50. The van der Waals surface area contributed by atoms with Gasteiger partial charge in [-0.05, 0) is 12.0 Å². The van der Waals surface area contributed by atoms with E-state index in [1.54, 1.807) is 24.1 Å². The predicted octanol–water partition coefficient (Wildman–Crippen LogP) is 0.576. The van der Waals surface area contributed by atoms with Gasteiger partial charge in [0.05, 0.1) is 12.1 Å². The van der Waals surface area contributed by atoms with Crippen LogP contribution in [0.4, 0.5) is 4.79 Å². The van der Waals surface area contributed by atoms with Crippen molar-refractivity contribution in [2.45, 2.75) is 6.42 Å². The van der Waals surface area contributed by atoms with Crippen LogP contribution in [0.1, 0.15) is 5.56 Å². The van der Waals surface area contributed by atoms with Gasteiger partial charge in [0.2, 0.25) is 0 Å². The molecule has 0 saturated carbocycles. The fraction of sp³-hybridized carbons (Fsp3) is 0.417. The lowest BCUT2D eigenvalue weighted by Crippen LogP contribution is -2.34. The monoisotopic (exact) mass is 267 g/mol. The molecule has 0 spiro atoms. The Morgan fingerprint density at radius 3 is 2.95 bits per heavy atom. The van der Waals surface area contributed by atoms with E-state index in [1.165, 1.54) is 6.08 Å². The van der Waals surface area contributed by atoms with Gasteiger partial charge >= 0.3 is 12.1 Å². The Labute approximate surface area is 110 Å². The number of nitrogens with zero attached hydrogens (tertiary/aromatic N) is 2. The zero-order valence-electron chi connectivity index (χ0n) is 10.7. The van der Waals surface area contributed by atoms with Gasteiger partial charge in [-0.15, -0.1) is 0 Å². The van der Waals surface area contributed by atoms with Crippen LogP contribution in [0.3, 0.4) is 0 Å². The summed E-state index contributed by atoms with van der Waals surface area (Å²) in [6, 6.07) is 0. The summed E-state index contributed by atoms with van der Waals surface area (Å²) < 4.78 is 6.30. The molecule has 0 aliphatic rings. The van der Waals surface area contributed by atoms with Crippen LogP contribution in [0.25, 0.3) is 0 Å². The molecule has 7 heteroatoms. The molecule has 104 valence electrons. The molecule has 1 rings (SSSR count). The predicted molar refractivity (Wildman–Crippen MR) is 67.6 cm³/mol. The summed E-state index contributed by atoms with van der Waals surface area (Å²) in [7, 11) is 1.75. The minimum absolute atomic E-state index is 0.000202. The lowest BCUT2D eigenvalue weighted by molar-refractivity contribution is -0.141. The first kappa shape index (κ1) is 14.7. The van der Waals surface area contributed by atoms with Gasteiger partial charge in [0.15, 0.2) is 0 Å². The zero-order valence-corrected chi connectivity index (χ0v) is 10.7. The Balaban J connectivity index is 2.47. The van der Waals surface area contributed by atoms with Gasteiger partial charge in [-0.25, -0.2) is 4.79 Å². The van der Waals surface area contributed by atoms with Gasteiger partial charge in [0, 0.05) is 19.8 Å². The van der Waals surface area contributed by atoms with Gasteiger partial charge in [0.1, 0.15) is 6.61 Å². The third kappa shape index (κ3) is 5.24. The average Bonchev–Trinajstić information content (AvgIpc) is 2.77. The Morgan fingerprint density at radius 1 is 1.68 bits per heavy atom. The number of alkyl carbamates (subject to hydrolysis) is 1. The molecular formula is C12H17N3O4. The number of rotatable bonds is 7. The molecule has 0 saturated heterocycles. The summed E-state index contributed by atoms with van der Waals surface area (Å²) in [5, 5.41) is 15.5. The van der Waals surface area contributed by atoms with Gasteiger partial charge < -0.3 is 15.2 Å². The number of hydrogen-bond acceptors (Lipinski definition) is 4. The summed E-state index contributed by atoms with van der Waals surface area (Å²) in [6.07, 6.45) is 4.42. The van der Waals surface area contributed by atoms with E-state index in [0.29, 0.717) is 6.42 Å². The van der Waals surface area contributed by atoms with E-state index in [-0.39, 0.29) is 13.2 Å². The van der Waals surface area contributed by atoms with Crippen LogP contribution in [-0.2, 0) is 23.0 Å². The number of nitrogens with one attached hydrogen (secondary N) is 1. The lowest BCUT2D eigenvalue weighted by Gasteiger charge is -2.12. The standard InChI is InChI=1S/C12H17N3O4/c1-3-4-19-12(18)13-7-10(11(16)17)5-9-6-14-15(2)8-9/h3,6,8,10H,1,4-5,7H2,2H3,(H,13,18)(H,16,17). The third-order valence-electron chi connectivity index (χ3n) is 2.41. The van der Waals surface area contributed by atoms with Crippen molar-refractivity contribution in [3.8, 4) is 0 Å². The summed E-state index contributed by atoms with van der Waals surface area (Å²) in [4.78, 5) is 22.3. The highest BCUT2D eigenvalue weighted by atomic mass is 16.5. The molecule has 1 amide bonds. The number of carboxylic acids is 1. The quantitative estimate of drug-likeness (QED) is 0.705. The molecule has 1 aromatic heterocycles. The number of ether oxygens (including phenoxy) is 1. The van der Waals surface area contributed by atoms with Gasteiger partial charge in [0.25, 0.3) is 0 Å². The number of aromatic nitrogens is 2. The minimum atomic E-state index is -0.979. The number of amides is 1. The van der Waals surface area contributed by atoms with Crippen molar-refractivity contribution >= 4 is 12.1 Å². The molecule has 1 heterocycles. The van der Waals surface area contributed by atoms with Crippen molar-refractivity contribution in [3.63, 3.8) is 0 Å². The second-order valence-electron chi connectivity index (χ2n) is 4.03. The highest BCUT2D eigenvalue weighted by molar-refractivity contribution is 5.72. The van der Waals surface area contributed by atoms with Crippen molar-refractivity contribution in [3.05, 3.63) is 30.6 Å². The second-order valence-corrected chi connectivity index (χ2v) is 4.03. The molecule has 0 bridgehead atoms. The SMILES string of the molecule is C=CCOC(=O)NCC(Cc1cnn(C)c1)C(=O)O. The van der Waals surface area contributed by atoms with Crippen LogP contribution >= 0.6 is 0 Å². The molecule has 0 aromatic carbocycles. The zero-order chi connectivity index (χ0) is 14.3. The molecule has 0 fully saturated rings. The highest BCUT2D eigenvalue weighted by Gasteiger charge is 2.19. The number of aliphatic carboxylic acids is 1. The van der Waals surface area contributed by atoms with E-state index >= 15 is 0 Å². The molecule has 1 unspecified atom stereocenters. The van der Waals surface area contributed by atoms with Gasteiger partial charge in [-0.1, -0.05) is 12.7 Å². The van der Waals surface area contributed by atoms with E-state index in [2.05, 4.69) is 17.0 Å². The smallest absolute Gasteiger partial charge is 0.407 e. The van der Waals surface area contributed by atoms with Gasteiger partial charge in [-0.3, -0.25) is 9.48 Å². The molecule has 0 radical (unpaired) electrons. The number of carbonyl (C=O) groups is 2. The largest absolute Gasteiger partial charge is 0.481 e. The topological polar surface area (TPSA) is 93.5 Å².